The van der Waals surface area contributed by atoms with Gasteiger partial charge >= 0.3 is 6.09 Å². The molecule has 112 valence electrons. The van der Waals surface area contributed by atoms with Crippen molar-refractivity contribution in [1.29, 1.82) is 0 Å². The van der Waals surface area contributed by atoms with Crippen LogP contribution < -0.4 is 10.2 Å². The highest BCUT2D eigenvalue weighted by atomic mass is 32.2. The third kappa shape index (κ3) is 3.36. The number of thioether (sulfide) groups is 1. The summed E-state index contributed by atoms with van der Waals surface area (Å²) in [6.07, 6.45) is 1.50. The number of benzene rings is 1. The summed E-state index contributed by atoms with van der Waals surface area (Å²) in [6, 6.07) is 6.50. The van der Waals surface area contributed by atoms with Gasteiger partial charge in [0.05, 0.1) is 17.5 Å². The van der Waals surface area contributed by atoms with Gasteiger partial charge in [0, 0.05) is 12.1 Å². The molecular formula is C14H16N2O4S. The van der Waals surface area contributed by atoms with E-state index in [1.165, 1.54) is 16.7 Å². The first-order valence-electron chi connectivity index (χ1n) is 6.50. The van der Waals surface area contributed by atoms with Gasteiger partial charge in [-0.3, -0.25) is 14.9 Å². The Bertz CT molecular complexity index is 559. The van der Waals surface area contributed by atoms with Gasteiger partial charge in [0.1, 0.15) is 0 Å². The van der Waals surface area contributed by atoms with Crippen LogP contribution in [0.15, 0.2) is 24.3 Å². The molecule has 1 fully saturated rings. The number of nitrogens with zero attached hydrogens (tertiary/aromatic N) is 1. The van der Waals surface area contributed by atoms with E-state index in [1.807, 2.05) is 6.26 Å². The van der Waals surface area contributed by atoms with E-state index in [4.69, 9.17) is 4.74 Å². The molecule has 21 heavy (non-hydrogen) atoms. The molecule has 1 atom stereocenters. The minimum atomic E-state index is -0.541. The summed E-state index contributed by atoms with van der Waals surface area (Å²) in [5.74, 6) is -0.399. The Hall–Kier alpha value is -2.02. The highest BCUT2D eigenvalue weighted by Gasteiger charge is 2.38. The van der Waals surface area contributed by atoms with Crippen LogP contribution >= 0.6 is 11.8 Å². The number of hydrogen-bond acceptors (Lipinski definition) is 5. The van der Waals surface area contributed by atoms with Gasteiger partial charge < -0.3 is 4.74 Å². The van der Waals surface area contributed by atoms with Crippen LogP contribution in [0.25, 0.3) is 0 Å². The summed E-state index contributed by atoms with van der Waals surface area (Å²) in [5, 5.41) is 2.24. The molecule has 2 rings (SSSR count). The van der Waals surface area contributed by atoms with Crippen molar-refractivity contribution < 1.29 is 19.1 Å². The van der Waals surface area contributed by atoms with Crippen LogP contribution in [0.5, 0.6) is 0 Å². The third-order valence-electron chi connectivity index (χ3n) is 3.04. The van der Waals surface area contributed by atoms with Crippen LogP contribution in [-0.4, -0.2) is 36.0 Å². The molecule has 1 aliphatic rings. The fraction of sp³-hybridized carbons (Fsp3) is 0.357. The van der Waals surface area contributed by atoms with Crippen molar-refractivity contribution in [2.75, 3.05) is 23.1 Å². The topological polar surface area (TPSA) is 75.7 Å². The average Bonchev–Trinajstić information content (AvgIpc) is 2.75. The van der Waals surface area contributed by atoms with Gasteiger partial charge in [-0.1, -0.05) is 0 Å². The zero-order chi connectivity index (χ0) is 15.4. The van der Waals surface area contributed by atoms with Crippen LogP contribution in [0, 0.1) is 0 Å². The van der Waals surface area contributed by atoms with Crippen LogP contribution in [0.2, 0.25) is 0 Å². The molecule has 1 aliphatic heterocycles. The van der Waals surface area contributed by atoms with E-state index in [9.17, 15) is 14.4 Å². The van der Waals surface area contributed by atoms with Gasteiger partial charge in [-0.2, -0.15) is 11.8 Å². The smallest absolute Gasteiger partial charge is 0.411 e. The second-order valence-corrected chi connectivity index (χ2v) is 5.43. The molecule has 0 bridgehead atoms. The Kier molecular flexibility index (Phi) is 4.85. The first-order chi connectivity index (χ1) is 10.1. The third-order valence-corrected chi connectivity index (χ3v) is 3.97. The maximum absolute atomic E-state index is 12.1. The second kappa shape index (κ2) is 6.62. The summed E-state index contributed by atoms with van der Waals surface area (Å²) in [7, 11) is 0. The number of carbonyl (C=O) groups excluding carboxylic acids is 3. The van der Waals surface area contributed by atoms with Crippen molar-refractivity contribution in [3.05, 3.63) is 24.3 Å². The lowest BCUT2D eigenvalue weighted by atomic mass is 10.2. The second-order valence-electron chi connectivity index (χ2n) is 4.39. The number of hydrogen-bond donors (Lipinski definition) is 1. The van der Waals surface area contributed by atoms with E-state index >= 15 is 0 Å². The van der Waals surface area contributed by atoms with Crippen molar-refractivity contribution in [2.45, 2.75) is 18.6 Å². The molecule has 1 heterocycles. The van der Waals surface area contributed by atoms with E-state index in [0.29, 0.717) is 11.4 Å². The van der Waals surface area contributed by atoms with Gasteiger partial charge in [0.25, 0.3) is 0 Å². The van der Waals surface area contributed by atoms with Crippen molar-refractivity contribution in [3.63, 3.8) is 0 Å². The molecule has 1 aromatic rings. The minimum absolute atomic E-state index is 0.196. The van der Waals surface area contributed by atoms with E-state index in [2.05, 4.69) is 5.32 Å². The fourth-order valence-electron chi connectivity index (χ4n) is 2.04. The number of carbonyl (C=O) groups is 3. The van der Waals surface area contributed by atoms with Gasteiger partial charge in [0.15, 0.2) is 0 Å². The molecule has 1 N–H and O–H groups in total. The Balaban J connectivity index is 2.10. The van der Waals surface area contributed by atoms with E-state index in [-0.39, 0.29) is 30.1 Å². The van der Waals surface area contributed by atoms with Crippen LogP contribution in [0.3, 0.4) is 0 Å². The lowest BCUT2D eigenvalue weighted by Gasteiger charge is -2.15. The normalized spacial score (nSPS) is 18.0. The Labute approximate surface area is 126 Å². The highest BCUT2D eigenvalue weighted by molar-refractivity contribution is 8.00. The first kappa shape index (κ1) is 15.4. The molecule has 6 nitrogen and oxygen atoms in total. The van der Waals surface area contributed by atoms with Gasteiger partial charge in [-0.25, -0.2) is 9.69 Å². The average molecular weight is 308 g/mol. The molecule has 1 unspecified atom stereocenters. The van der Waals surface area contributed by atoms with Crippen LogP contribution in [0.4, 0.5) is 16.2 Å². The summed E-state index contributed by atoms with van der Waals surface area (Å²) in [6.45, 7) is 2.01. The molecule has 0 spiro atoms. The van der Waals surface area contributed by atoms with E-state index < -0.39 is 6.09 Å². The minimum Gasteiger partial charge on any atom is -0.450 e. The maximum Gasteiger partial charge on any atom is 0.411 e. The fourth-order valence-corrected chi connectivity index (χ4v) is 2.65. The predicted molar refractivity (Wildman–Crippen MR) is 81.5 cm³/mol. The lowest BCUT2D eigenvalue weighted by molar-refractivity contribution is -0.121. The number of imide groups is 1. The molecule has 3 amide bonds. The van der Waals surface area contributed by atoms with Gasteiger partial charge in [-0.15, -0.1) is 0 Å². The van der Waals surface area contributed by atoms with Crippen molar-refractivity contribution in [2.24, 2.45) is 0 Å². The Morgan fingerprint density at radius 3 is 2.57 bits per heavy atom. The molecule has 0 aliphatic carbocycles. The zero-order valence-electron chi connectivity index (χ0n) is 11.8. The van der Waals surface area contributed by atoms with Crippen LogP contribution in [0.1, 0.15) is 13.3 Å². The number of nitrogens with one attached hydrogen (secondary N) is 1. The van der Waals surface area contributed by atoms with Crippen molar-refractivity contribution in [3.8, 4) is 0 Å². The van der Waals surface area contributed by atoms with E-state index in [0.717, 1.165) is 0 Å². The summed E-state index contributed by atoms with van der Waals surface area (Å²) in [5.41, 5.74) is 1.05. The summed E-state index contributed by atoms with van der Waals surface area (Å²) < 4.78 is 4.77. The van der Waals surface area contributed by atoms with Crippen molar-refractivity contribution in [1.82, 2.24) is 0 Å². The quantitative estimate of drug-likeness (QED) is 0.863. The molecule has 1 aromatic carbocycles. The molecule has 7 heteroatoms. The first-order valence-corrected chi connectivity index (χ1v) is 7.79. The van der Waals surface area contributed by atoms with Gasteiger partial charge in [0.2, 0.25) is 11.8 Å². The number of ether oxygens (including phenoxy) is 1. The molecule has 0 saturated carbocycles. The lowest BCUT2D eigenvalue weighted by Crippen LogP contribution is -2.31. The number of anilines is 2. The SMILES string of the molecule is CCOC(=O)Nc1ccc(N2C(=O)CC(SC)C2=O)cc1. The molecule has 1 saturated heterocycles. The Morgan fingerprint density at radius 1 is 1.38 bits per heavy atom. The van der Waals surface area contributed by atoms with Crippen molar-refractivity contribution >= 4 is 41.0 Å². The number of rotatable bonds is 4. The standard InChI is InChI=1S/C14H16N2O4S/c1-3-20-14(19)15-9-4-6-10(7-5-9)16-12(17)8-11(21-2)13(16)18/h4-7,11H,3,8H2,1-2H3,(H,15,19). The van der Waals surface area contributed by atoms with E-state index in [1.54, 1.807) is 31.2 Å². The summed E-state index contributed by atoms with van der Waals surface area (Å²) >= 11 is 1.37. The molecular weight excluding hydrogens is 292 g/mol. The van der Waals surface area contributed by atoms with Gasteiger partial charge in [-0.05, 0) is 37.4 Å². The Morgan fingerprint density at radius 2 is 2.05 bits per heavy atom. The predicted octanol–water partition coefficient (Wildman–Crippen LogP) is 2.25. The number of amides is 3. The highest BCUT2D eigenvalue weighted by Crippen LogP contribution is 2.29. The maximum atomic E-state index is 12.1. The monoisotopic (exact) mass is 308 g/mol. The molecule has 0 aromatic heterocycles. The zero-order valence-corrected chi connectivity index (χ0v) is 12.6. The largest absolute Gasteiger partial charge is 0.450 e. The molecule has 0 radical (unpaired) electrons. The summed E-state index contributed by atoms with van der Waals surface area (Å²) in [4.78, 5) is 36.5. The van der Waals surface area contributed by atoms with Crippen LogP contribution in [-0.2, 0) is 14.3 Å².